The van der Waals surface area contributed by atoms with Gasteiger partial charge in [-0.15, -0.1) is 0 Å². The van der Waals surface area contributed by atoms with Crippen molar-refractivity contribution in [1.82, 2.24) is 0 Å². The van der Waals surface area contributed by atoms with Gasteiger partial charge in [0, 0.05) is 41.1 Å². The molecule has 0 spiro atoms. The van der Waals surface area contributed by atoms with E-state index in [1.54, 1.807) is 41.2 Å². The molecular formula is C19H46N2O8Si2. The average molecular weight is 487 g/mol. The van der Waals surface area contributed by atoms with E-state index in [1.165, 1.54) is 0 Å². The standard InChI is InChI=1S/C11H24O6Si.C8H22N2O2Si/c1-5-18(15-9-6-12-2,16-10-7-13-3)17-11-8-14-4;1-11-13(3,12-2)8(4-6-9)5-7-10/h5H,1,6-11H2,2-4H3;8H,4-7,9-10H2,1-3H3. The SMILES string of the molecule is C=C[Si](OCCOC)(OCCOC)OCCOC.CO[Si](C)(OC)C(CCN)CCN. The molecule has 0 unspecified atom stereocenters. The summed E-state index contributed by atoms with van der Waals surface area (Å²) in [7, 11) is 3.35. The maximum absolute atomic E-state index is 5.65. The Morgan fingerprint density at radius 3 is 1.29 bits per heavy atom. The van der Waals surface area contributed by atoms with Gasteiger partial charge in [-0.2, -0.15) is 0 Å². The van der Waals surface area contributed by atoms with Gasteiger partial charge in [-0.25, -0.2) is 0 Å². The molecule has 0 saturated carbocycles. The largest absolute Gasteiger partial charge is 0.529 e. The number of methoxy groups -OCH3 is 3. The van der Waals surface area contributed by atoms with Crippen molar-refractivity contribution in [2.45, 2.75) is 24.9 Å². The summed E-state index contributed by atoms with van der Waals surface area (Å²) in [6, 6.07) is 0. The van der Waals surface area contributed by atoms with Crippen LogP contribution in [-0.4, -0.2) is 106 Å². The van der Waals surface area contributed by atoms with Crippen molar-refractivity contribution in [3.63, 3.8) is 0 Å². The molecule has 0 heterocycles. The van der Waals surface area contributed by atoms with Crippen molar-refractivity contribution < 1.29 is 36.3 Å². The molecule has 0 aliphatic rings. The molecule has 31 heavy (non-hydrogen) atoms. The molecule has 0 amide bonds. The monoisotopic (exact) mass is 486 g/mol. The smallest absolute Gasteiger partial charge is 0.398 e. The highest BCUT2D eigenvalue weighted by atomic mass is 28.4. The fourth-order valence-electron chi connectivity index (χ4n) is 2.59. The Labute approximate surface area is 191 Å². The summed E-state index contributed by atoms with van der Waals surface area (Å²) >= 11 is 0. The molecule has 0 saturated heterocycles. The first-order chi connectivity index (χ1) is 14.9. The number of nitrogens with two attached hydrogens (primary N) is 2. The van der Waals surface area contributed by atoms with Gasteiger partial charge in [0.05, 0.1) is 39.6 Å². The molecule has 10 nitrogen and oxygen atoms in total. The van der Waals surface area contributed by atoms with Crippen LogP contribution < -0.4 is 11.5 Å². The van der Waals surface area contributed by atoms with Crippen molar-refractivity contribution in [3.05, 3.63) is 12.3 Å². The van der Waals surface area contributed by atoms with Crippen LogP contribution in [0, 0.1) is 0 Å². The van der Waals surface area contributed by atoms with Crippen LogP contribution in [0.25, 0.3) is 0 Å². The number of ether oxygens (including phenoxy) is 3. The van der Waals surface area contributed by atoms with Gasteiger partial charge in [-0.05, 0) is 38.2 Å². The zero-order chi connectivity index (χ0) is 24.0. The van der Waals surface area contributed by atoms with Crippen LogP contribution in [0.5, 0.6) is 0 Å². The lowest BCUT2D eigenvalue weighted by Gasteiger charge is -2.31. The molecule has 188 valence electrons. The molecule has 0 aliphatic carbocycles. The van der Waals surface area contributed by atoms with Crippen molar-refractivity contribution in [1.29, 1.82) is 0 Å². The van der Waals surface area contributed by atoms with Crippen LogP contribution >= 0.6 is 0 Å². The van der Waals surface area contributed by atoms with Crippen LogP contribution in [0.2, 0.25) is 12.1 Å². The van der Waals surface area contributed by atoms with Crippen LogP contribution in [-0.2, 0) is 36.3 Å². The molecule has 0 radical (unpaired) electrons. The summed E-state index contributed by atoms with van der Waals surface area (Å²) in [5.41, 5.74) is 13.1. The second kappa shape index (κ2) is 21.6. The Hall–Kier alpha value is -0.226. The van der Waals surface area contributed by atoms with Crippen LogP contribution in [0.1, 0.15) is 12.8 Å². The van der Waals surface area contributed by atoms with Gasteiger partial charge in [0.25, 0.3) is 0 Å². The van der Waals surface area contributed by atoms with E-state index in [1.807, 2.05) is 0 Å². The quantitative estimate of drug-likeness (QED) is 0.190. The number of hydrogen-bond donors (Lipinski definition) is 2. The minimum atomic E-state index is -2.86. The third-order valence-electron chi connectivity index (χ3n) is 4.60. The Morgan fingerprint density at radius 2 is 1.06 bits per heavy atom. The summed E-state index contributed by atoms with van der Waals surface area (Å²) in [6.45, 7) is 9.75. The summed E-state index contributed by atoms with van der Waals surface area (Å²) < 4.78 is 42.7. The maximum atomic E-state index is 5.65. The summed E-state index contributed by atoms with van der Waals surface area (Å²) in [5, 5.41) is 0. The Morgan fingerprint density at radius 1 is 0.710 bits per heavy atom. The molecule has 4 N–H and O–H groups in total. The molecule has 0 aromatic rings. The van der Waals surface area contributed by atoms with E-state index in [9.17, 15) is 0 Å². The molecule has 0 rings (SSSR count). The summed E-state index contributed by atoms with van der Waals surface area (Å²) in [4.78, 5) is 0. The first-order valence-corrected chi connectivity index (χ1v) is 14.6. The molecular weight excluding hydrogens is 440 g/mol. The lowest BCUT2D eigenvalue weighted by atomic mass is 10.2. The van der Waals surface area contributed by atoms with E-state index in [4.69, 9.17) is 47.8 Å². The van der Waals surface area contributed by atoms with Crippen molar-refractivity contribution in [2.75, 3.05) is 88.3 Å². The van der Waals surface area contributed by atoms with Gasteiger partial charge in [-0.1, -0.05) is 6.58 Å². The number of rotatable bonds is 20. The van der Waals surface area contributed by atoms with Crippen LogP contribution in [0.15, 0.2) is 12.3 Å². The third-order valence-corrected chi connectivity index (χ3v) is 10.6. The van der Waals surface area contributed by atoms with Crippen molar-refractivity contribution >= 4 is 17.4 Å². The van der Waals surface area contributed by atoms with E-state index >= 15 is 0 Å². The average Bonchev–Trinajstić information content (AvgIpc) is 2.79. The molecule has 0 bridgehead atoms. The zero-order valence-electron chi connectivity index (χ0n) is 20.4. The lowest BCUT2D eigenvalue weighted by Crippen LogP contribution is -2.46. The highest BCUT2D eigenvalue weighted by molar-refractivity contribution is 6.67. The Kier molecular flexibility index (Phi) is 23.0. The lowest BCUT2D eigenvalue weighted by molar-refractivity contribution is 0.0232. The number of hydrogen-bond acceptors (Lipinski definition) is 10. The van der Waals surface area contributed by atoms with E-state index in [0.29, 0.717) is 58.3 Å². The van der Waals surface area contributed by atoms with Gasteiger partial charge in [0.2, 0.25) is 0 Å². The summed E-state index contributed by atoms with van der Waals surface area (Å²) in [6.07, 6.45) is 1.86. The Balaban J connectivity index is 0. The molecule has 0 fully saturated rings. The highest BCUT2D eigenvalue weighted by Gasteiger charge is 2.38. The van der Waals surface area contributed by atoms with Gasteiger partial charge in [0.15, 0.2) is 0 Å². The molecule has 0 atom stereocenters. The zero-order valence-corrected chi connectivity index (χ0v) is 22.4. The maximum Gasteiger partial charge on any atom is 0.529 e. The van der Waals surface area contributed by atoms with Gasteiger partial charge < -0.3 is 47.8 Å². The van der Waals surface area contributed by atoms with Crippen molar-refractivity contribution in [3.8, 4) is 0 Å². The van der Waals surface area contributed by atoms with E-state index in [0.717, 1.165) is 12.8 Å². The van der Waals surface area contributed by atoms with Gasteiger partial charge in [-0.3, -0.25) is 0 Å². The normalized spacial score (nSPS) is 12.0. The predicted molar refractivity (Wildman–Crippen MR) is 126 cm³/mol. The van der Waals surface area contributed by atoms with E-state index < -0.39 is 17.4 Å². The van der Waals surface area contributed by atoms with Crippen LogP contribution in [0.3, 0.4) is 0 Å². The van der Waals surface area contributed by atoms with Crippen LogP contribution in [0.4, 0.5) is 0 Å². The second-order valence-electron chi connectivity index (χ2n) is 6.61. The third kappa shape index (κ3) is 15.3. The molecule has 0 aromatic heterocycles. The molecule has 12 heteroatoms. The summed E-state index contributed by atoms with van der Waals surface area (Å²) in [5.74, 6) is 0. The first kappa shape index (κ1) is 32.9. The second-order valence-corrected chi connectivity index (χ2v) is 12.8. The topological polar surface area (TPSA) is 126 Å². The first-order valence-electron chi connectivity index (χ1n) is 10.4. The fourth-order valence-corrected chi connectivity index (χ4v) is 6.51. The molecule has 0 aromatic carbocycles. The van der Waals surface area contributed by atoms with Crippen molar-refractivity contribution in [2.24, 2.45) is 11.5 Å². The highest BCUT2D eigenvalue weighted by Crippen LogP contribution is 2.29. The van der Waals surface area contributed by atoms with E-state index in [-0.39, 0.29) is 0 Å². The van der Waals surface area contributed by atoms with E-state index in [2.05, 4.69) is 13.1 Å². The predicted octanol–water partition coefficient (Wildman–Crippen LogP) is 1.06. The fraction of sp³-hybridized carbons (Fsp3) is 0.895. The van der Waals surface area contributed by atoms with Gasteiger partial charge in [0.1, 0.15) is 0 Å². The molecule has 0 aliphatic heterocycles. The minimum absolute atomic E-state index is 0.398. The van der Waals surface area contributed by atoms with Gasteiger partial charge >= 0.3 is 17.4 Å². The Bertz CT molecular complexity index is 375. The minimum Gasteiger partial charge on any atom is -0.398 e.